The van der Waals surface area contributed by atoms with E-state index in [-0.39, 0.29) is 17.9 Å². The lowest BCUT2D eigenvalue weighted by atomic mass is 10.0. The monoisotopic (exact) mass is 507 g/mol. The molecule has 0 unspecified atom stereocenters. The Labute approximate surface area is 219 Å². The summed E-state index contributed by atoms with van der Waals surface area (Å²) in [5, 5.41) is 3.41. The predicted octanol–water partition coefficient (Wildman–Crippen LogP) is 6.66. The number of hydrogen-bond donors (Lipinski definition) is 1. The van der Waals surface area contributed by atoms with E-state index in [4.69, 9.17) is 19.4 Å². The van der Waals surface area contributed by atoms with Crippen LogP contribution in [0.4, 0.5) is 4.39 Å². The molecule has 38 heavy (non-hydrogen) atoms. The Morgan fingerprint density at radius 3 is 2.18 bits per heavy atom. The molecule has 8 heteroatoms. The highest BCUT2D eigenvalue weighted by Gasteiger charge is 2.23. The van der Waals surface area contributed by atoms with Crippen molar-refractivity contribution in [2.24, 2.45) is 0 Å². The summed E-state index contributed by atoms with van der Waals surface area (Å²) in [6.45, 7) is 1.88. The summed E-state index contributed by atoms with van der Waals surface area (Å²) in [5.41, 5.74) is 3.12. The maximum atomic E-state index is 13.6. The molecule has 1 saturated heterocycles. The molecule has 0 spiro atoms. The van der Waals surface area contributed by atoms with Crippen LogP contribution in [-0.4, -0.2) is 32.6 Å². The normalized spacial score (nSPS) is 13.8. The van der Waals surface area contributed by atoms with Crippen molar-refractivity contribution in [3.8, 4) is 45.9 Å². The second kappa shape index (κ2) is 10.8. The first-order valence-electron chi connectivity index (χ1n) is 12.6. The van der Waals surface area contributed by atoms with Gasteiger partial charge in [0.1, 0.15) is 23.1 Å². The van der Waals surface area contributed by atoms with Gasteiger partial charge in [0.15, 0.2) is 0 Å². The standard InChI is InChI=1S/C30H26FN5O2/c31-22-8-6-21(7-9-22)28-29(36(20-34-28)23-14-17-32-18-15-23)27-16-19-33-30(35-27)38-26-12-10-25(11-13-26)37-24-4-2-1-3-5-24/h1-13,16,19-20,23,32H,14-15,17-18H2. The highest BCUT2D eigenvalue weighted by Crippen LogP contribution is 2.35. The van der Waals surface area contributed by atoms with Crippen LogP contribution >= 0.6 is 0 Å². The van der Waals surface area contributed by atoms with Gasteiger partial charge in [-0.3, -0.25) is 0 Å². The van der Waals surface area contributed by atoms with Gasteiger partial charge >= 0.3 is 6.01 Å². The molecule has 190 valence electrons. The second-order valence-corrected chi connectivity index (χ2v) is 9.05. The number of nitrogens with zero attached hydrogens (tertiary/aromatic N) is 4. The molecule has 0 aliphatic carbocycles. The summed E-state index contributed by atoms with van der Waals surface area (Å²) in [4.78, 5) is 13.8. The van der Waals surface area contributed by atoms with Crippen molar-refractivity contribution in [2.45, 2.75) is 18.9 Å². The third-order valence-corrected chi connectivity index (χ3v) is 6.50. The number of aromatic nitrogens is 4. The van der Waals surface area contributed by atoms with Crippen molar-refractivity contribution in [3.63, 3.8) is 0 Å². The van der Waals surface area contributed by atoms with Gasteiger partial charge in [-0.1, -0.05) is 18.2 Å². The summed E-state index contributed by atoms with van der Waals surface area (Å²) in [5.74, 6) is 1.77. The van der Waals surface area contributed by atoms with Crippen molar-refractivity contribution in [2.75, 3.05) is 13.1 Å². The molecule has 1 fully saturated rings. The van der Waals surface area contributed by atoms with Gasteiger partial charge in [-0.25, -0.2) is 14.4 Å². The number of hydrogen-bond acceptors (Lipinski definition) is 6. The average molecular weight is 508 g/mol. The number of nitrogens with one attached hydrogen (secondary N) is 1. The van der Waals surface area contributed by atoms with Crippen LogP contribution in [-0.2, 0) is 0 Å². The van der Waals surface area contributed by atoms with Gasteiger partial charge in [-0.15, -0.1) is 0 Å². The van der Waals surface area contributed by atoms with Crippen molar-refractivity contribution in [3.05, 3.63) is 103 Å². The Hall–Kier alpha value is -4.56. The van der Waals surface area contributed by atoms with Gasteiger partial charge in [-0.2, -0.15) is 4.98 Å². The first-order valence-corrected chi connectivity index (χ1v) is 12.6. The zero-order valence-corrected chi connectivity index (χ0v) is 20.6. The SMILES string of the molecule is Fc1ccc(-c2ncn(C3CCNCC3)c2-c2ccnc(Oc3ccc(Oc4ccccc4)cc3)n2)cc1. The van der Waals surface area contributed by atoms with E-state index in [2.05, 4.69) is 14.9 Å². The van der Waals surface area contributed by atoms with Crippen LogP contribution in [0.3, 0.4) is 0 Å². The van der Waals surface area contributed by atoms with Crippen LogP contribution in [0.25, 0.3) is 22.6 Å². The minimum atomic E-state index is -0.286. The third-order valence-electron chi connectivity index (χ3n) is 6.50. The molecule has 5 aromatic rings. The van der Waals surface area contributed by atoms with E-state index in [9.17, 15) is 4.39 Å². The molecule has 6 rings (SSSR count). The molecule has 7 nitrogen and oxygen atoms in total. The van der Waals surface area contributed by atoms with Gasteiger partial charge in [0, 0.05) is 17.8 Å². The molecule has 1 aliphatic heterocycles. The highest BCUT2D eigenvalue weighted by molar-refractivity contribution is 5.77. The molecule has 0 bridgehead atoms. The molecule has 3 heterocycles. The van der Waals surface area contributed by atoms with Gasteiger partial charge in [-0.05, 0) is 92.7 Å². The van der Waals surface area contributed by atoms with E-state index >= 15 is 0 Å². The predicted molar refractivity (Wildman–Crippen MR) is 143 cm³/mol. The number of benzene rings is 3. The molecule has 0 saturated carbocycles. The van der Waals surface area contributed by atoms with Gasteiger partial charge in [0.2, 0.25) is 0 Å². The molecule has 3 aromatic carbocycles. The summed E-state index contributed by atoms with van der Waals surface area (Å²) in [7, 11) is 0. The summed E-state index contributed by atoms with van der Waals surface area (Å²) >= 11 is 0. The van der Waals surface area contributed by atoms with Crippen LogP contribution in [0.5, 0.6) is 23.3 Å². The maximum absolute atomic E-state index is 13.6. The summed E-state index contributed by atoms with van der Waals surface area (Å²) < 4.78 is 27.7. The Bertz CT molecular complexity index is 1500. The summed E-state index contributed by atoms with van der Waals surface area (Å²) in [6, 6.07) is 25.6. The Balaban J connectivity index is 1.29. The van der Waals surface area contributed by atoms with E-state index < -0.39 is 0 Å². The number of ether oxygens (including phenoxy) is 2. The molecule has 1 N–H and O–H groups in total. The molecule has 2 aromatic heterocycles. The zero-order valence-electron chi connectivity index (χ0n) is 20.6. The average Bonchev–Trinajstić information content (AvgIpc) is 3.41. The van der Waals surface area contributed by atoms with Crippen molar-refractivity contribution >= 4 is 0 Å². The quantitative estimate of drug-likeness (QED) is 0.266. The minimum absolute atomic E-state index is 0.224. The minimum Gasteiger partial charge on any atom is -0.457 e. The maximum Gasteiger partial charge on any atom is 0.322 e. The molecule has 0 amide bonds. The largest absolute Gasteiger partial charge is 0.457 e. The van der Waals surface area contributed by atoms with E-state index in [1.165, 1.54) is 12.1 Å². The lowest BCUT2D eigenvalue weighted by Gasteiger charge is -2.25. The van der Waals surface area contributed by atoms with Crippen molar-refractivity contribution in [1.29, 1.82) is 0 Å². The number of imidazole rings is 1. The zero-order chi connectivity index (χ0) is 25.7. The summed E-state index contributed by atoms with van der Waals surface area (Å²) in [6.07, 6.45) is 5.51. The van der Waals surface area contributed by atoms with E-state index in [1.54, 1.807) is 18.3 Å². The van der Waals surface area contributed by atoms with Crippen LogP contribution in [0, 0.1) is 5.82 Å². The first kappa shape index (κ1) is 23.8. The number of halogens is 1. The number of piperidine rings is 1. The van der Waals surface area contributed by atoms with Crippen LogP contribution < -0.4 is 14.8 Å². The molecular weight excluding hydrogens is 481 g/mol. The number of para-hydroxylation sites is 1. The Morgan fingerprint density at radius 2 is 1.45 bits per heavy atom. The van der Waals surface area contributed by atoms with Gasteiger partial charge < -0.3 is 19.4 Å². The second-order valence-electron chi connectivity index (χ2n) is 9.05. The van der Waals surface area contributed by atoms with Crippen LogP contribution in [0.15, 0.2) is 97.5 Å². The molecule has 1 aliphatic rings. The fourth-order valence-electron chi connectivity index (χ4n) is 4.62. The molecule has 0 atom stereocenters. The Kier molecular flexibility index (Phi) is 6.78. The van der Waals surface area contributed by atoms with Crippen LogP contribution in [0.1, 0.15) is 18.9 Å². The van der Waals surface area contributed by atoms with E-state index in [1.807, 2.05) is 67.0 Å². The first-order chi connectivity index (χ1) is 18.7. The fraction of sp³-hybridized carbons (Fsp3) is 0.167. The fourth-order valence-corrected chi connectivity index (χ4v) is 4.62. The Morgan fingerprint density at radius 1 is 0.763 bits per heavy atom. The molecule has 0 radical (unpaired) electrons. The van der Waals surface area contributed by atoms with E-state index in [0.717, 1.165) is 48.6 Å². The number of rotatable bonds is 7. The highest BCUT2D eigenvalue weighted by atomic mass is 19.1. The molecular formula is C30H26FN5O2. The lowest BCUT2D eigenvalue weighted by Crippen LogP contribution is -2.29. The topological polar surface area (TPSA) is 74.1 Å². The van der Waals surface area contributed by atoms with Gasteiger partial charge in [0.25, 0.3) is 0 Å². The van der Waals surface area contributed by atoms with Crippen molar-refractivity contribution < 1.29 is 13.9 Å². The van der Waals surface area contributed by atoms with E-state index in [0.29, 0.717) is 17.2 Å². The smallest absolute Gasteiger partial charge is 0.322 e. The van der Waals surface area contributed by atoms with Gasteiger partial charge in [0.05, 0.1) is 23.4 Å². The van der Waals surface area contributed by atoms with Crippen LogP contribution in [0.2, 0.25) is 0 Å². The third kappa shape index (κ3) is 5.26. The lowest BCUT2D eigenvalue weighted by molar-refractivity contribution is 0.370. The van der Waals surface area contributed by atoms with Crippen molar-refractivity contribution in [1.82, 2.24) is 24.8 Å².